The summed E-state index contributed by atoms with van der Waals surface area (Å²) in [4.78, 5) is 0. The second-order valence-electron chi connectivity index (χ2n) is 4.59. The van der Waals surface area contributed by atoms with E-state index in [-0.39, 0.29) is 6.10 Å². The molecule has 0 amide bonds. The predicted octanol–water partition coefficient (Wildman–Crippen LogP) is 3.66. The van der Waals surface area contributed by atoms with Crippen molar-refractivity contribution in [3.63, 3.8) is 0 Å². The minimum absolute atomic E-state index is 0.171. The van der Waals surface area contributed by atoms with Crippen LogP contribution >= 0.6 is 0 Å². The maximum absolute atomic E-state index is 5.85. The molecule has 0 spiro atoms. The fraction of sp³-hybridized carbons (Fsp3) is 0.571. The Balaban J connectivity index is 2.56. The summed E-state index contributed by atoms with van der Waals surface area (Å²) >= 11 is 0. The number of hydrogen-bond donors (Lipinski definition) is 2. The molecule has 0 bridgehead atoms. The number of nitrogens with one attached hydrogen (secondary N) is 1. The van der Waals surface area contributed by atoms with Crippen molar-refractivity contribution in [3.8, 4) is 5.75 Å². The standard InChI is InChI=1S/C14H24N2O/c1-4-5-6-7-16-13-8-12(15)9-14(10-13)17-11(2)3/h8-11,16H,4-7,15H2,1-3H3. The molecule has 1 aromatic carbocycles. The van der Waals surface area contributed by atoms with Gasteiger partial charge in [0.15, 0.2) is 0 Å². The summed E-state index contributed by atoms with van der Waals surface area (Å²) in [5.74, 6) is 0.831. The summed E-state index contributed by atoms with van der Waals surface area (Å²) in [6.07, 6.45) is 3.85. The van der Waals surface area contributed by atoms with Gasteiger partial charge in [-0.2, -0.15) is 0 Å². The molecule has 0 saturated heterocycles. The second kappa shape index (κ2) is 7.05. The normalized spacial score (nSPS) is 10.6. The van der Waals surface area contributed by atoms with Gasteiger partial charge < -0.3 is 15.8 Å². The van der Waals surface area contributed by atoms with Gasteiger partial charge in [0.2, 0.25) is 0 Å². The van der Waals surface area contributed by atoms with Gasteiger partial charge in [-0.15, -0.1) is 0 Å². The van der Waals surface area contributed by atoms with Gasteiger partial charge in [-0.3, -0.25) is 0 Å². The molecule has 1 rings (SSSR count). The Morgan fingerprint density at radius 2 is 2.00 bits per heavy atom. The Morgan fingerprint density at radius 3 is 2.65 bits per heavy atom. The Hall–Kier alpha value is -1.38. The third kappa shape index (κ3) is 5.48. The summed E-state index contributed by atoms with van der Waals surface area (Å²) < 4.78 is 5.64. The van der Waals surface area contributed by atoms with E-state index in [2.05, 4.69) is 12.2 Å². The molecule has 0 unspecified atom stereocenters. The minimum Gasteiger partial charge on any atom is -0.491 e. The van der Waals surface area contributed by atoms with E-state index in [1.54, 1.807) is 0 Å². The highest BCUT2D eigenvalue weighted by atomic mass is 16.5. The molecule has 0 aliphatic rings. The number of benzene rings is 1. The molecule has 96 valence electrons. The van der Waals surface area contributed by atoms with Crippen molar-refractivity contribution < 1.29 is 4.74 Å². The minimum atomic E-state index is 0.171. The highest BCUT2D eigenvalue weighted by Crippen LogP contribution is 2.23. The molecule has 3 N–H and O–H groups in total. The van der Waals surface area contributed by atoms with Gasteiger partial charge in [0.05, 0.1) is 6.10 Å². The Labute approximate surface area is 104 Å². The van der Waals surface area contributed by atoms with Crippen LogP contribution in [0, 0.1) is 0 Å². The average Bonchev–Trinajstić information content (AvgIpc) is 2.22. The fourth-order valence-electron chi connectivity index (χ4n) is 1.67. The molecular formula is C14H24N2O. The number of unbranched alkanes of at least 4 members (excludes halogenated alkanes) is 2. The van der Waals surface area contributed by atoms with Gasteiger partial charge >= 0.3 is 0 Å². The second-order valence-corrected chi connectivity index (χ2v) is 4.59. The topological polar surface area (TPSA) is 47.3 Å². The lowest BCUT2D eigenvalue weighted by Gasteiger charge is -2.13. The molecule has 1 aromatic rings. The number of anilines is 2. The van der Waals surface area contributed by atoms with Crippen molar-refractivity contribution in [2.45, 2.75) is 46.1 Å². The molecule has 0 heterocycles. The molecule has 0 saturated carbocycles. The van der Waals surface area contributed by atoms with E-state index in [1.165, 1.54) is 19.3 Å². The summed E-state index contributed by atoms with van der Waals surface area (Å²) in [5, 5.41) is 3.37. The Kier molecular flexibility index (Phi) is 5.67. The van der Waals surface area contributed by atoms with Gasteiger partial charge in [0.25, 0.3) is 0 Å². The van der Waals surface area contributed by atoms with Crippen molar-refractivity contribution >= 4 is 11.4 Å². The molecule has 0 fully saturated rings. The third-order valence-electron chi connectivity index (χ3n) is 2.41. The highest BCUT2D eigenvalue weighted by Gasteiger charge is 2.01. The summed E-state index contributed by atoms with van der Waals surface area (Å²) in [7, 11) is 0. The van der Waals surface area contributed by atoms with Crippen LogP contribution in [0.15, 0.2) is 18.2 Å². The molecule has 0 atom stereocenters. The molecule has 3 heteroatoms. The number of hydrogen-bond acceptors (Lipinski definition) is 3. The SMILES string of the molecule is CCCCCNc1cc(N)cc(OC(C)C)c1. The first-order valence-electron chi connectivity index (χ1n) is 6.43. The van der Waals surface area contributed by atoms with Crippen LogP contribution in [0.2, 0.25) is 0 Å². The largest absolute Gasteiger partial charge is 0.491 e. The van der Waals surface area contributed by atoms with E-state index in [0.29, 0.717) is 0 Å². The summed E-state index contributed by atoms with van der Waals surface area (Å²) in [6.45, 7) is 7.21. The quantitative estimate of drug-likeness (QED) is 0.561. The molecule has 0 aliphatic carbocycles. The van der Waals surface area contributed by atoms with E-state index in [0.717, 1.165) is 23.7 Å². The third-order valence-corrected chi connectivity index (χ3v) is 2.41. The first kappa shape index (κ1) is 13.7. The summed E-state index contributed by atoms with van der Waals surface area (Å²) in [5.41, 5.74) is 7.62. The van der Waals surface area contributed by atoms with Crippen LogP contribution in [0.4, 0.5) is 11.4 Å². The van der Waals surface area contributed by atoms with E-state index in [4.69, 9.17) is 10.5 Å². The lowest BCUT2D eigenvalue weighted by atomic mass is 10.2. The van der Waals surface area contributed by atoms with Crippen LogP contribution in [0.25, 0.3) is 0 Å². The van der Waals surface area contributed by atoms with Gasteiger partial charge in [-0.25, -0.2) is 0 Å². The van der Waals surface area contributed by atoms with Crippen LogP contribution in [0.1, 0.15) is 40.0 Å². The van der Waals surface area contributed by atoms with Crippen molar-refractivity contribution in [1.82, 2.24) is 0 Å². The number of nitrogens with two attached hydrogens (primary N) is 1. The number of ether oxygens (including phenoxy) is 1. The monoisotopic (exact) mass is 236 g/mol. The zero-order valence-corrected chi connectivity index (χ0v) is 11.1. The number of nitrogen functional groups attached to an aromatic ring is 1. The maximum Gasteiger partial charge on any atom is 0.123 e. The van der Waals surface area contributed by atoms with Crippen molar-refractivity contribution in [2.24, 2.45) is 0 Å². The smallest absolute Gasteiger partial charge is 0.123 e. The van der Waals surface area contributed by atoms with Gasteiger partial charge in [0, 0.05) is 30.1 Å². The van der Waals surface area contributed by atoms with Crippen LogP contribution < -0.4 is 15.8 Å². The van der Waals surface area contributed by atoms with E-state index < -0.39 is 0 Å². The van der Waals surface area contributed by atoms with Crippen molar-refractivity contribution in [1.29, 1.82) is 0 Å². The van der Waals surface area contributed by atoms with E-state index in [9.17, 15) is 0 Å². The highest BCUT2D eigenvalue weighted by molar-refractivity contribution is 5.59. The molecule has 3 nitrogen and oxygen atoms in total. The first-order chi connectivity index (χ1) is 8.11. The first-order valence-corrected chi connectivity index (χ1v) is 6.43. The predicted molar refractivity (Wildman–Crippen MR) is 74.6 cm³/mol. The van der Waals surface area contributed by atoms with Crippen LogP contribution in [-0.2, 0) is 0 Å². The maximum atomic E-state index is 5.85. The number of rotatable bonds is 7. The van der Waals surface area contributed by atoms with Crippen molar-refractivity contribution in [3.05, 3.63) is 18.2 Å². The van der Waals surface area contributed by atoms with E-state index >= 15 is 0 Å². The van der Waals surface area contributed by atoms with Gasteiger partial charge in [0.1, 0.15) is 5.75 Å². The van der Waals surface area contributed by atoms with Crippen molar-refractivity contribution in [2.75, 3.05) is 17.6 Å². The zero-order chi connectivity index (χ0) is 12.7. The Morgan fingerprint density at radius 1 is 1.24 bits per heavy atom. The molecule has 0 aromatic heterocycles. The van der Waals surface area contributed by atoms with Crippen LogP contribution in [-0.4, -0.2) is 12.6 Å². The van der Waals surface area contributed by atoms with Gasteiger partial charge in [-0.05, 0) is 26.3 Å². The lowest BCUT2D eigenvalue weighted by molar-refractivity contribution is 0.242. The Bertz CT molecular complexity index is 337. The summed E-state index contributed by atoms with van der Waals surface area (Å²) in [6, 6.07) is 5.80. The zero-order valence-electron chi connectivity index (χ0n) is 11.1. The average molecular weight is 236 g/mol. The lowest BCUT2D eigenvalue weighted by Crippen LogP contribution is -2.07. The van der Waals surface area contributed by atoms with Crippen LogP contribution in [0.3, 0.4) is 0 Å². The van der Waals surface area contributed by atoms with Crippen LogP contribution in [0.5, 0.6) is 5.75 Å². The molecular weight excluding hydrogens is 212 g/mol. The van der Waals surface area contributed by atoms with Gasteiger partial charge in [-0.1, -0.05) is 19.8 Å². The molecule has 0 aliphatic heterocycles. The fourth-order valence-corrected chi connectivity index (χ4v) is 1.67. The molecule has 0 radical (unpaired) electrons. The van der Waals surface area contributed by atoms with E-state index in [1.807, 2.05) is 32.0 Å². The molecule has 17 heavy (non-hydrogen) atoms.